The highest BCUT2D eigenvalue weighted by Gasteiger charge is 2.16. The number of rotatable bonds is 1. The molecule has 2 rings (SSSR count). The smallest absolute Gasteiger partial charge is 0.0304 e. The molecule has 0 atom stereocenters. The predicted molar refractivity (Wildman–Crippen MR) is 66.4 cm³/mol. The summed E-state index contributed by atoms with van der Waals surface area (Å²) in [6.45, 7) is 4.54. The molecule has 2 aliphatic rings. The van der Waals surface area contributed by atoms with E-state index in [-0.39, 0.29) is 0 Å². The van der Waals surface area contributed by atoms with Gasteiger partial charge in [-0.05, 0) is 25.7 Å². The van der Waals surface area contributed by atoms with Crippen LogP contribution in [-0.2, 0) is 0 Å². The van der Waals surface area contributed by atoms with Crippen LogP contribution in [-0.4, -0.2) is 36.4 Å². The van der Waals surface area contributed by atoms with Crippen molar-refractivity contribution in [2.45, 2.75) is 51.4 Å². The average molecular weight is 226 g/mol. The normalized spacial score (nSPS) is 27.8. The van der Waals surface area contributed by atoms with Gasteiger partial charge in [-0.25, -0.2) is 10.9 Å². The van der Waals surface area contributed by atoms with E-state index in [0.29, 0.717) is 0 Å². The van der Waals surface area contributed by atoms with E-state index in [4.69, 9.17) is 0 Å². The van der Waals surface area contributed by atoms with E-state index in [1.165, 1.54) is 51.4 Å². The van der Waals surface area contributed by atoms with Crippen molar-refractivity contribution >= 4 is 0 Å². The zero-order valence-corrected chi connectivity index (χ0v) is 10.4. The first-order valence-corrected chi connectivity index (χ1v) is 6.99. The summed E-state index contributed by atoms with van der Waals surface area (Å²) < 4.78 is 0. The van der Waals surface area contributed by atoms with Gasteiger partial charge in [0.25, 0.3) is 0 Å². The number of hydrazine groups is 3. The van der Waals surface area contributed by atoms with Crippen LogP contribution in [0, 0.1) is 0 Å². The van der Waals surface area contributed by atoms with E-state index >= 15 is 0 Å². The van der Waals surface area contributed by atoms with Gasteiger partial charge >= 0.3 is 0 Å². The molecule has 0 aromatic rings. The zero-order valence-electron chi connectivity index (χ0n) is 10.4. The van der Waals surface area contributed by atoms with Gasteiger partial charge in [0, 0.05) is 26.2 Å². The molecule has 0 unspecified atom stereocenters. The van der Waals surface area contributed by atoms with Crippen molar-refractivity contribution in [1.29, 1.82) is 0 Å². The summed E-state index contributed by atoms with van der Waals surface area (Å²) in [5, 5.41) is 4.62. The molecule has 2 saturated heterocycles. The lowest BCUT2D eigenvalue weighted by Crippen LogP contribution is -2.58. The Kier molecular flexibility index (Phi) is 5.55. The molecule has 0 aromatic heterocycles. The monoisotopic (exact) mass is 226 g/mol. The standard InChI is InChI=1S/C12H26N4/c1-3-7-11-15(13-9-5-1)16-12-8-4-2-6-10-14-16/h13-14H,1-12H2. The van der Waals surface area contributed by atoms with Crippen molar-refractivity contribution < 1.29 is 0 Å². The van der Waals surface area contributed by atoms with E-state index in [0.717, 1.165) is 26.2 Å². The van der Waals surface area contributed by atoms with E-state index in [1.54, 1.807) is 0 Å². The zero-order chi connectivity index (χ0) is 11.1. The van der Waals surface area contributed by atoms with Crippen LogP contribution in [0.25, 0.3) is 0 Å². The molecule has 2 fully saturated rings. The first kappa shape index (κ1) is 12.3. The second kappa shape index (κ2) is 7.22. The highest BCUT2D eigenvalue weighted by molar-refractivity contribution is 4.60. The lowest BCUT2D eigenvalue weighted by Gasteiger charge is -2.37. The molecule has 2 heterocycles. The van der Waals surface area contributed by atoms with Gasteiger partial charge in [0.1, 0.15) is 0 Å². The number of nitrogens with zero attached hydrogens (tertiary/aromatic N) is 2. The largest absolute Gasteiger partial charge is 0.240 e. The third kappa shape index (κ3) is 4.01. The quantitative estimate of drug-likeness (QED) is 0.712. The van der Waals surface area contributed by atoms with Gasteiger partial charge in [0.05, 0.1) is 0 Å². The summed E-state index contributed by atoms with van der Waals surface area (Å²) in [6, 6.07) is 0. The Morgan fingerprint density at radius 1 is 0.500 bits per heavy atom. The molecule has 0 spiro atoms. The molecule has 4 nitrogen and oxygen atoms in total. The van der Waals surface area contributed by atoms with E-state index < -0.39 is 0 Å². The van der Waals surface area contributed by atoms with Crippen LogP contribution in [0.1, 0.15) is 51.4 Å². The van der Waals surface area contributed by atoms with Gasteiger partial charge in [0.15, 0.2) is 0 Å². The van der Waals surface area contributed by atoms with Crippen molar-refractivity contribution in [3.8, 4) is 0 Å². The van der Waals surface area contributed by atoms with Crippen molar-refractivity contribution in [2.24, 2.45) is 0 Å². The molecule has 2 aliphatic heterocycles. The van der Waals surface area contributed by atoms with Crippen LogP contribution >= 0.6 is 0 Å². The predicted octanol–water partition coefficient (Wildman–Crippen LogP) is 1.66. The van der Waals surface area contributed by atoms with Crippen LogP contribution in [0.3, 0.4) is 0 Å². The lowest BCUT2D eigenvalue weighted by atomic mass is 10.1. The minimum absolute atomic E-state index is 1.12. The number of nitrogens with one attached hydrogen (secondary N) is 2. The topological polar surface area (TPSA) is 30.5 Å². The number of hydrogen-bond acceptors (Lipinski definition) is 4. The minimum Gasteiger partial charge on any atom is -0.240 e. The van der Waals surface area contributed by atoms with Gasteiger partial charge < -0.3 is 0 Å². The van der Waals surface area contributed by atoms with Gasteiger partial charge in [0.2, 0.25) is 0 Å². The van der Waals surface area contributed by atoms with Crippen molar-refractivity contribution in [3.05, 3.63) is 0 Å². The summed E-state index contributed by atoms with van der Waals surface area (Å²) in [5.41, 5.74) is 7.07. The molecule has 0 saturated carbocycles. The fourth-order valence-electron chi connectivity index (χ4n) is 2.47. The van der Waals surface area contributed by atoms with Gasteiger partial charge in [-0.15, -0.1) is 0 Å². The Balaban J connectivity index is 1.81. The molecule has 16 heavy (non-hydrogen) atoms. The molecule has 0 radical (unpaired) electrons. The highest BCUT2D eigenvalue weighted by atomic mass is 15.9. The number of hydrogen-bond donors (Lipinski definition) is 2. The van der Waals surface area contributed by atoms with Crippen LogP contribution < -0.4 is 10.9 Å². The van der Waals surface area contributed by atoms with Gasteiger partial charge in [-0.1, -0.05) is 25.7 Å². The van der Waals surface area contributed by atoms with Gasteiger partial charge in [-0.2, -0.15) is 10.2 Å². The van der Waals surface area contributed by atoms with Crippen molar-refractivity contribution in [1.82, 2.24) is 21.1 Å². The second-order valence-electron chi connectivity index (χ2n) is 4.89. The molecule has 94 valence electrons. The maximum absolute atomic E-state index is 3.54. The average Bonchev–Trinajstić information content (AvgIpc) is 2.18. The summed E-state index contributed by atoms with van der Waals surface area (Å²) in [4.78, 5) is 0. The lowest BCUT2D eigenvalue weighted by molar-refractivity contribution is -0.116. The van der Waals surface area contributed by atoms with E-state index in [9.17, 15) is 0 Å². The molecule has 4 heteroatoms. The molecular weight excluding hydrogens is 200 g/mol. The fraction of sp³-hybridized carbons (Fsp3) is 1.00. The van der Waals surface area contributed by atoms with Gasteiger partial charge in [-0.3, -0.25) is 0 Å². The molecule has 0 bridgehead atoms. The molecule has 0 aliphatic carbocycles. The van der Waals surface area contributed by atoms with E-state index in [2.05, 4.69) is 21.1 Å². The molecule has 0 aromatic carbocycles. The summed E-state index contributed by atoms with van der Waals surface area (Å²) in [6.07, 6.45) is 10.8. The first-order chi connectivity index (χ1) is 7.97. The maximum atomic E-state index is 3.54. The Morgan fingerprint density at radius 2 is 0.938 bits per heavy atom. The molecule has 2 N–H and O–H groups in total. The van der Waals surface area contributed by atoms with Crippen molar-refractivity contribution in [3.63, 3.8) is 0 Å². The van der Waals surface area contributed by atoms with E-state index in [1.807, 2.05) is 0 Å². The minimum atomic E-state index is 1.12. The fourth-order valence-corrected chi connectivity index (χ4v) is 2.47. The summed E-state index contributed by atoms with van der Waals surface area (Å²) in [5.74, 6) is 0. The Labute approximate surface area is 99.3 Å². The summed E-state index contributed by atoms with van der Waals surface area (Å²) >= 11 is 0. The first-order valence-electron chi connectivity index (χ1n) is 6.99. The van der Waals surface area contributed by atoms with Crippen LogP contribution in [0.5, 0.6) is 0 Å². The third-order valence-corrected chi connectivity index (χ3v) is 3.47. The second-order valence-corrected chi connectivity index (χ2v) is 4.89. The molecule has 0 amide bonds. The SMILES string of the molecule is C1CCCN(N2CCCCCCN2)NCC1. The molecular formula is C12H26N4. The Morgan fingerprint density at radius 3 is 1.44 bits per heavy atom. The Hall–Kier alpha value is -0.160. The maximum Gasteiger partial charge on any atom is 0.0304 e. The summed E-state index contributed by atoms with van der Waals surface area (Å²) in [7, 11) is 0. The van der Waals surface area contributed by atoms with Crippen LogP contribution in [0.4, 0.5) is 0 Å². The highest BCUT2D eigenvalue weighted by Crippen LogP contribution is 2.09. The van der Waals surface area contributed by atoms with Crippen molar-refractivity contribution in [2.75, 3.05) is 26.2 Å². The van der Waals surface area contributed by atoms with Crippen LogP contribution in [0.15, 0.2) is 0 Å². The van der Waals surface area contributed by atoms with Crippen LogP contribution in [0.2, 0.25) is 0 Å². The third-order valence-electron chi connectivity index (χ3n) is 3.47. The Bertz CT molecular complexity index is 150.